The van der Waals surface area contributed by atoms with Crippen molar-refractivity contribution >= 4 is 0 Å². The first-order valence-electron chi connectivity index (χ1n) is 8.67. The molecular weight excluding hydrogens is 304 g/mol. The van der Waals surface area contributed by atoms with E-state index in [-0.39, 0.29) is 23.4 Å². The molecule has 2 aliphatic rings. The largest absolute Gasteiger partial charge is 0.348 e. The van der Waals surface area contributed by atoms with Crippen LogP contribution in [0.15, 0.2) is 35.5 Å². The molecule has 2 heterocycles. The van der Waals surface area contributed by atoms with E-state index in [0.717, 1.165) is 37.6 Å². The molecule has 0 radical (unpaired) electrons. The molecule has 24 heavy (non-hydrogen) atoms. The van der Waals surface area contributed by atoms with Crippen molar-refractivity contribution in [2.45, 2.75) is 54.1 Å². The Balaban J connectivity index is 1.82. The fourth-order valence-corrected chi connectivity index (χ4v) is 2.48. The predicted octanol–water partition coefficient (Wildman–Crippen LogP) is 4.23. The summed E-state index contributed by atoms with van der Waals surface area (Å²) in [5.41, 5.74) is 2.33. The van der Waals surface area contributed by atoms with Gasteiger partial charge in [-0.3, -0.25) is 0 Å². The summed E-state index contributed by atoms with van der Waals surface area (Å²) >= 11 is 0. The molecule has 0 bridgehead atoms. The number of allylic oxidation sites excluding steroid dienone is 4. The smallest absolute Gasteiger partial charge is 0.179 e. The minimum atomic E-state index is -0.236. The van der Waals surface area contributed by atoms with Gasteiger partial charge in [-0.2, -0.15) is 0 Å². The maximum atomic E-state index is 5.77. The van der Waals surface area contributed by atoms with Crippen molar-refractivity contribution < 1.29 is 18.9 Å². The molecule has 0 aromatic heterocycles. The van der Waals surface area contributed by atoms with Gasteiger partial charge in [-0.05, 0) is 25.0 Å². The molecule has 0 aliphatic carbocycles. The third kappa shape index (κ3) is 5.85. The van der Waals surface area contributed by atoms with Gasteiger partial charge in [-0.25, -0.2) is 0 Å². The molecule has 0 aromatic rings. The van der Waals surface area contributed by atoms with Gasteiger partial charge in [-0.1, -0.05) is 52.0 Å². The SMILES string of the molecule is CC(=CC=CC=C(C)C1OCC(C)(C)CO1)C1OCC(C)(C)CO1. The standard InChI is InChI=1S/C20H32O4/c1-15(17-21-11-19(3,4)12-22-17)9-7-8-10-16(2)18-23-13-20(5,6)14-24-18/h7-10,17-18H,11-14H2,1-6H3. The van der Waals surface area contributed by atoms with Crippen LogP contribution < -0.4 is 0 Å². The predicted molar refractivity (Wildman–Crippen MR) is 95.6 cm³/mol. The summed E-state index contributed by atoms with van der Waals surface area (Å²) in [7, 11) is 0. The summed E-state index contributed by atoms with van der Waals surface area (Å²) in [6.07, 6.45) is 7.58. The summed E-state index contributed by atoms with van der Waals surface area (Å²) in [6, 6.07) is 0. The first-order chi connectivity index (χ1) is 11.2. The Morgan fingerprint density at radius 2 is 0.958 bits per heavy atom. The molecule has 0 aromatic carbocycles. The van der Waals surface area contributed by atoms with E-state index in [1.807, 2.05) is 38.2 Å². The van der Waals surface area contributed by atoms with E-state index in [4.69, 9.17) is 18.9 Å². The number of ether oxygens (including phenoxy) is 4. The molecule has 136 valence electrons. The van der Waals surface area contributed by atoms with E-state index in [1.54, 1.807) is 0 Å². The van der Waals surface area contributed by atoms with E-state index >= 15 is 0 Å². The number of hydrogen-bond acceptors (Lipinski definition) is 4. The maximum absolute atomic E-state index is 5.77. The van der Waals surface area contributed by atoms with E-state index in [9.17, 15) is 0 Å². The van der Waals surface area contributed by atoms with Crippen molar-refractivity contribution in [3.63, 3.8) is 0 Å². The molecule has 2 rings (SSSR count). The van der Waals surface area contributed by atoms with Gasteiger partial charge in [0.1, 0.15) is 0 Å². The van der Waals surface area contributed by atoms with Crippen molar-refractivity contribution in [2.75, 3.05) is 26.4 Å². The molecule has 2 fully saturated rings. The molecule has 4 heteroatoms. The second-order valence-corrected chi connectivity index (χ2v) is 8.44. The molecular formula is C20H32O4. The molecule has 0 atom stereocenters. The zero-order valence-electron chi connectivity index (χ0n) is 15.9. The lowest BCUT2D eigenvalue weighted by atomic mass is 9.95. The molecule has 2 saturated heterocycles. The quantitative estimate of drug-likeness (QED) is 0.720. The molecule has 0 N–H and O–H groups in total. The van der Waals surface area contributed by atoms with Crippen LogP contribution >= 0.6 is 0 Å². The fraction of sp³-hybridized carbons (Fsp3) is 0.700. The highest BCUT2D eigenvalue weighted by molar-refractivity contribution is 5.20. The summed E-state index contributed by atoms with van der Waals surface area (Å²) in [5.74, 6) is 0. The van der Waals surface area contributed by atoms with Gasteiger partial charge in [0.2, 0.25) is 0 Å². The lowest BCUT2D eigenvalue weighted by Gasteiger charge is -2.35. The Kier molecular flexibility index (Phi) is 6.43. The van der Waals surface area contributed by atoms with Gasteiger partial charge >= 0.3 is 0 Å². The fourth-order valence-electron chi connectivity index (χ4n) is 2.48. The summed E-state index contributed by atoms with van der Waals surface area (Å²) < 4.78 is 23.1. The second-order valence-electron chi connectivity index (χ2n) is 8.44. The van der Waals surface area contributed by atoms with Crippen LogP contribution in [0, 0.1) is 10.8 Å². The minimum Gasteiger partial charge on any atom is -0.348 e. The van der Waals surface area contributed by atoms with Crippen molar-refractivity contribution in [1.82, 2.24) is 0 Å². The Bertz CT molecular complexity index is 448. The third-order valence-electron chi connectivity index (χ3n) is 4.07. The highest BCUT2D eigenvalue weighted by Gasteiger charge is 2.29. The molecule has 0 saturated carbocycles. The molecule has 4 nitrogen and oxygen atoms in total. The highest BCUT2D eigenvalue weighted by Crippen LogP contribution is 2.26. The first-order valence-corrected chi connectivity index (χ1v) is 8.67. The maximum Gasteiger partial charge on any atom is 0.179 e. The van der Waals surface area contributed by atoms with Crippen LogP contribution in [0.4, 0.5) is 0 Å². The van der Waals surface area contributed by atoms with E-state index < -0.39 is 0 Å². The van der Waals surface area contributed by atoms with E-state index in [1.165, 1.54) is 0 Å². The van der Waals surface area contributed by atoms with Gasteiger partial charge in [0.05, 0.1) is 26.4 Å². The van der Waals surface area contributed by atoms with Crippen LogP contribution in [0.2, 0.25) is 0 Å². The van der Waals surface area contributed by atoms with Crippen molar-refractivity contribution in [2.24, 2.45) is 10.8 Å². The summed E-state index contributed by atoms with van der Waals surface area (Å²) in [5, 5.41) is 0. The van der Waals surface area contributed by atoms with Crippen LogP contribution in [0.25, 0.3) is 0 Å². The first kappa shape index (κ1) is 19.4. The Hall–Kier alpha value is -0.940. The molecule has 0 unspecified atom stereocenters. The highest BCUT2D eigenvalue weighted by atomic mass is 16.7. The van der Waals surface area contributed by atoms with Crippen LogP contribution in [0.5, 0.6) is 0 Å². The topological polar surface area (TPSA) is 36.9 Å². The van der Waals surface area contributed by atoms with E-state index in [2.05, 4.69) is 27.7 Å². The third-order valence-corrected chi connectivity index (χ3v) is 4.07. The summed E-state index contributed by atoms with van der Waals surface area (Å²) in [4.78, 5) is 0. The van der Waals surface area contributed by atoms with Gasteiger partial charge in [0.15, 0.2) is 12.6 Å². The molecule has 0 spiro atoms. The van der Waals surface area contributed by atoms with Gasteiger partial charge in [-0.15, -0.1) is 0 Å². The van der Waals surface area contributed by atoms with Gasteiger partial charge < -0.3 is 18.9 Å². The Morgan fingerprint density at radius 3 is 1.25 bits per heavy atom. The number of rotatable bonds is 4. The van der Waals surface area contributed by atoms with Crippen molar-refractivity contribution in [1.29, 1.82) is 0 Å². The molecule has 2 aliphatic heterocycles. The average molecular weight is 336 g/mol. The van der Waals surface area contributed by atoms with Gasteiger partial charge in [0, 0.05) is 10.8 Å². The zero-order valence-corrected chi connectivity index (χ0v) is 15.9. The normalized spacial score (nSPS) is 26.9. The monoisotopic (exact) mass is 336 g/mol. The van der Waals surface area contributed by atoms with Crippen LogP contribution in [0.1, 0.15) is 41.5 Å². The van der Waals surface area contributed by atoms with Crippen molar-refractivity contribution in [3.8, 4) is 0 Å². The van der Waals surface area contributed by atoms with Crippen LogP contribution in [-0.2, 0) is 18.9 Å². The van der Waals surface area contributed by atoms with Crippen LogP contribution in [0.3, 0.4) is 0 Å². The number of hydrogen-bond donors (Lipinski definition) is 0. The lowest BCUT2D eigenvalue weighted by molar-refractivity contribution is -0.202. The second kappa shape index (κ2) is 7.96. The van der Waals surface area contributed by atoms with E-state index in [0.29, 0.717) is 0 Å². The van der Waals surface area contributed by atoms with Crippen molar-refractivity contribution in [3.05, 3.63) is 35.5 Å². The zero-order chi connectivity index (χ0) is 17.8. The average Bonchev–Trinajstić information content (AvgIpc) is 2.51. The lowest BCUT2D eigenvalue weighted by Crippen LogP contribution is -2.38. The Labute approximate surface area is 146 Å². The van der Waals surface area contributed by atoms with Gasteiger partial charge in [0.25, 0.3) is 0 Å². The van der Waals surface area contributed by atoms with Crippen LogP contribution in [-0.4, -0.2) is 39.0 Å². The molecule has 0 amide bonds. The minimum absolute atomic E-state index is 0.0982. The summed E-state index contributed by atoms with van der Waals surface area (Å²) in [6.45, 7) is 15.5. The Morgan fingerprint density at radius 1 is 0.667 bits per heavy atom.